The number of carbonyl (C=O) groups is 1. The fourth-order valence-electron chi connectivity index (χ4n) is 2.34. The smallest absolute Gasteiger partial charge is 0.407 e. The van der Waals surface area contributed by atoms with Crippen LogP contribution in [0.5, 0.6) is 0 Å². The van der Waals surface area contributed by atoms with Crippen molar-refractivity contribution in [3.05, 3.63) is 46.3 Å². The summed E-state index contributed by atoms with van der Waals surface area (Å²) < 4.78 is 5.17. The van der Waals surface area contributed by atoms with E-state index < -0.39 is 0 Å². The molecule has 6 heteroatoms. The maximum Gasteiger partial charge on any atom is 0.407 e. The average molecular weight is 274 g/mol. The van der Waals surface area contributed by atoms with Gasteiger partial charge in [0.2, 0.25) is 0 Å². The molecule has 20 heavy (non-hydrogen) atoms. The second-order valence-electron chi connectivity index (χ2n) is 4.92. The highest BCUT2D eigenvalue weighted by molar-refractivity contribution is 5.67. The number of alkyl carbamates (subject to hydrolysis) is 1. The van der Waals surface area contributed by atoms with E-state index in [0.717, 1.165) is 31.2 Å². The quantitative estimate of drug-likeness (QED) is 0.517. The zero-order chi connectivity index (χ0) is 14.2. The maximum absolute atomic E-state index is 11.7. The van der Waals surface area contributed by atoms with Crippen LogP contribution in [-0.4, -0.2) is 18.2 Å². The minimum Gasteiger partial charge on any atom is -0.445 e. The molecule has 0 aromatic heterocycles. The topological polar surface area (TPSA) is 87.1 Å². The minimum absolute atomic E-state index is 0.0680. The Morgan fingerprint density at radius 2 is 2.00 bits per heavy atom. The highest BCUT2D eigenvalue weighted by Crippen LogP contribution is 2.21. The summed E-state index contributed by atoms with van der Waals surface area (Å²) in [5, 5.41) is 6.57. The number of hydrogen-bond donors (Lipinski definition) is 1. The van der Waals surface area contributed by atoms with Gasteiger partial charge >= 0.3 is 6.09 Å². The highest BCUT2D eigenvalue weighted by atomic mass is 16.5. The number of hydrogen-bond acceptors (Lipinski definition) is 3. The van der Waals surface area contributed by atoms with Crippen molar-refractivity contribution in [1.29, 1.82) is 0 Å². The Bertz CT molecular complexity index is 477. The second-order valence-corrected chi connectivity index (χ2v) is 4.92. The summed E-state index contributed by atoms with van der Waals surface area (Å²) in [5.41, 5.74) is 9.34. The predicted molar refractivity (Wildman–Crippen MR) is 75.0 cm³/mol. The molecule has 1 aromatic carbocycles. The zero-order valence-electron chi connectivity index (χ0n) is 11.2. The SMILES string of the molecule is [N-]=[N+]=NC1CCC(NC(=O)OCc2ccccc2)CC1. The van der Waals surface area contributed by atoms with E-state index in [1.54, 1.807) is 0 Å². The molecular formula is C14H18N4O2. The summed E-state index contributed by atoms with van der Waals surface area (Å²) >= 11 is 0. The van der Waals surface area contributed by atoms with Gasteiger partial charge in [-0.05, 0) is 36.8 Å². The first kappa shape index (κ1) is 14.2. The van der Waals surface area contributed by atoms with E-state index in [1.165, 1.54) is 0 Å². The number of rotatable bonds is 4. The Balaban J connectivity index is 1.69. The van der Waals surface area contributed by atoms with Crippen LogP contribution in [0, 0.1) is 0 Å². The largest absolute Gasteiger partial charge is 0.445 e. The molecule has 0 radical (unpaired) electrons. The van der Waals surface area contributed by atoms with Gasteiger partial charge in [0.05, 0.1) is 0 Å². The van der Waals surface area contributed by atoms with E-state index >= 15 is 0 Å². The first-order valence-electron chi connectivity index (χ1n) is 6.79. The van der Waals surface area contributed by atoms with Crippen molar-refractivity contribution in [2.45, 2.75) is 44.4 Å². The maximum atomic E-state index is 11.7. The van der Waals surface area contributed by atoms with Crippen molar-refractivity contribution in [3.63, 3.8) is 0 Å². The summed E-state index contributed by atoms with van der Waals surface area (Å²) in [6.07, 6.45) is 2.89. The minimum atomic E-state index is -0.388. The zero-order valence-corrected chi connectivity index (χ0v) is 11.2. The second kappa shape index (κ2) is 7.40. The van der Waals surface area contributed by atoms with E-state index in [9.17, 15) is 4.79 Å². The average Bonchev–Trinajstić information content (AvgIpc) is 2.49. The van der Waals surface area contributed by atoms with Gasteiger partial charge in [0, 0.05) is 17.0 Å². The molecular weight excluding hydrogens is 256 g/mol. The molecule has 0 saturated heterocycles. The van der Waals surface area contributed by atoms with Crippen LogP contribution >= 0.6 is 0 Å². The third kappa shape index (κ3) is 4.48. The van der Waals surface area contributed by atoms with Gasteiger partial charge in [0.1, 0.15) is 6.61 Å². The van der Waals surface area contributed by atoms with Crippen molar-refractivity contribution in [2.75, 3.05) is 0 Å². The monoisotopic (exact) mass is 274 g/mol. The lowest BCUT2D eigenvalue weighted by atomic mass is 9.92. The van der Waals surface area contributed by atoms with E-state index in [0.29, 0.717) is 0 Å². The molecule has 1 aliphatic rings. The van der Waals surface area contributed by atoms with E-state index in [4.69, 9.17) is 10.3 Å². The van der Waals surface area contributed by atoms with Gasteiger partial charge in [-0.1, -0.05) is 35.4 Å². The van der Waals surface area contributed by atoms with Crippen LogP contribution in [-0.2, 0) is 11.3 Å². The molecule has 6 nitrogen and oxygen atoms in total. The highest BCUT2D eigenvalue weighted by Gasteiger charge is 2.21. The van der Waals surface area contributed by atoms with Gasteiger partial charge in [-0.15, -0.1) is 0 Å². The number of amides is 1. The van der Waals surface area contributed by atoms with E-state index in [1.807, 2.05) is 30.3 Å². The number of ether oxygens (including phenoxy) is 1. The van der Waals surface area contributed by atoms with Crippen molar-refractivity contribution in [2.24, 2.45) is 5.11 Å². The van der Waals surface area contributed by atoms with Crippen molar-refractivity contribution >= 4 is 6.09 Å². The fourth-order valence-corrected chi connectivity index (χ4v) is 2.34. The lowest BCUT2D eigenvalue weighted by molar-refractivity contribution is 0.132. The first-order chi connectivity index (χ1) is 9.78. The molecule has 0 spiro atoms. The lowest BCUT2D eigenvalue weighted by Crippen LogP contribution is -2.38. The van der Waals surface area contributed by atoms with E-state index in [2.05, 4.69) is 15.3 Å². The molecule has 1 saturated carbocycles. The van der Waals surface area contributed by atoms with Gasteiger partial charge in [0.25, 0.3) is 0 Å². The summed E-state index contributed by atoms with van der Waals surface area (Å²) in [5.74, 6) is 0. The molecule has 1 aliphatic carbocycles. The standard InChI is InChI=1S/C14H18N4O2/c15-18-17-13-8-6-12(7-9-13)16-14(19)20-10-11-4-2-1-3-5-11/h1-5,12-13H,6-10H2,(H,16,19). The van der Waals surface area contributed by atoms with Gasteiger partial charge in [-0.3, -0.25) is 0 Å². The summed E-state index contributed by atoms with van der Waals surface area (Å²) in [6.45, 7) is 0.279. The molecule has 1 aromatic rings. The Labute approximate surface area is 117 Å². The van der Waals surface area contributed by atoms with Gasteiger partial charge in [0.15, 0.2) is 0 Å². The van der Waals surface area contributed by atoms with Crippen LogP contribution in [0.1, 0.15) is 31.2 Å². The van der Waals surface area contributed by atoms with Crippen LogP contribution < -0.4 is 5.32 Å². The van der Waals surface area contributed by atoms with Crippen LogP contribution in [0.25, 0.3) is 10.4 Å². The Kier molecular flexibility index (Phi) is 5.26. The first-order valence-corrected chi connectivity index (χ1v) is 6.79. The number of nitrogens with zero attached hydrogens (tertiary/aromatic N) is 3. The van der Waals surface area contributed by atoms with E-state index in [-0.39, 0.29) is 24.8 Å². The normalized spacial score (nSPS) is 21.6. The predicted octanol–water partition coefficient (Wildman–Crippen LogP) is 3.53. The van der Waals surface area contributed by atoms with Crippen LogP contribution in [0.4, 0.5) is 4.79 Å². The van der Waals surface area contributed by atoms with Crippen molar-refractivity contribution < 1.29 is 9.53 Å². The molecule has 106 valence electrons. The Morgan fingerprint density at radius 1 is 1.30 bits per heavy atom. The van der Waals surface area contributed by atoms with Gasteiger partial charge in [-0.25, -0.2) is 4.79 Å². The summed E-state index contributed by atoms with van der Waals surface area (Å²) in [7, 11) is 0. The molecule has 0 atom stereocenters. The number of nitrogens with one attached hydrogen (secondary N) is 1. The van der Waals surface area contributed by atoms with Crippen LogP contribution in [0.3, 0.4) is 0 Å². The Morgan fingerprint density at radius 3 is 2.65 bits per heavy atom. The van der Waals surface area contributed by atoms with Crippen LogP contribution in [0.15, 0.2) is 35.4 Å². The number of benzene rings is 1. The lowest BCUT2D eigenvalue weighted by Gasteiger charge is -2.26. The molecule has 0 bridgehead atoms. The van der Waals surface area contributed by atoms with Crippen molar-refractivity contribution in [3.8, 4) is 0 Å². The number of carbonyl (C=O) groups excluding carboxylic acids is 1. The Hall–Kier alpha value is -2.20. The van der Waals surface area contributed by atoms with Gasteiger partial charge < -0.3 is 10.1 Å². The molecule has 0 aliphatic heterocycles. The molecule has 1 amide bonds. The fraction of sp³-hybridized carbons (Fsp3) is 0.500. The third-order valence-corrected chi connectivity index (χ3v) is 3.45. The molecule has 2 rings (SSSR count). The third-order valence-electron chi connectivity index (χ3n) is 3.45. The molecule has 0 unspecified atom stereocenters. The summed E-state index contributed by atoms with van der Waals surface area (Å²) in [6, 6.07) is 9.76. The van der Waals surface area contributed by atoms with Crippen LogP contribution in [0.2, 0.25) is 0 Å². The number of azide groups is 1. The molecule has 1 N–H and O–H groups in total. The molecule has 1 fully saturated rings. The van der Waals surface area contributed by atoms with Crippen molar-refractivity contribution in [1.82, 2.24) is 5.32 Å². The summed E-state index contributed by atoms with van der Waals surface area (Å²) in [4.78, 5) is 14.5. The molecule has 0 heterocycles. The van der Waals surface area contributed by atoms with Gasteiger partial charge in [-0.2, -0.15) is 0 Å².